The number of carbonyl (C=O) groups is 1. The molecule has 0 aliphatic carbocycles. The molecule has 0 spiro atoms. The summed E-state index contributed by atoms with van der Waals surface area (Å²) in [5.41, 5.74) is 7.92. The van der Waals surface area contributed by atoms with E-state index in [-0.39, 0.29) is 0 Å². The molecule has 0 atom stereocenters. The summed E-state index contributed by atoms with van der Waals surface area (Å²) in [5.74, 6) is -1.69. The SMILES string of the molecule is Cc1cc(C(N)=O)ccc1Cc1cc(F)cc(F)c1. The van der Waals surface area contributed by atoms with Crippen molar-refractivity contribution in [2.24, 2.45) is 5.73 Å². The van der Waals surface area contributed by atoms with Gasteiger partial charge in [-0.25, -0.2) is 8.78 Å². The molecule has 0 aliphatic rings. The number of benzene rings is 2. The summed E-state index contributed by atoms with van der Waals surface area (Å²) in [7, 11) is 0. The fourth-order valence-corrected chi connectivity index (χ4v) is 1.98. The molecule has 4 heteroatoms. The second-order valence-corrected chi connectivity index (χ2v) is 4.46. The number of nitrogens with two attached hydrogens (primary N) is 1. The van der Waals surface area contributed by atoms with Crippen LogP contribution in [0, 0.1) is 18.6 Å². The van der Waals surface area contributed by atoms with Gasteiger partial charge in [-0.15, -0.1) is 0 Å². The Labute approximate surface area is 109 Å². The van der Waals surface area contributed by atoms with E-state index in [1.165, 1.54) is 12.1 Å². The molecule has 2 aromatic carbocycles. The third-order valence-electron chi connectivity index (χ3n) is 2.94. The highest BCUT2D eigenvalue weighted by Gasteiger charge is 2.07. The normalized spacial score (nSPS) is 10.5. The highest BCUT2D eigenvalue weighted by atomic mass is 19.1. The minimum absolute atomic E-state index is 0.402. The van der Waals surface area contributed by atoms with Gasteiger partial charge in [0.2, 0.25) is 5.91 Å². The maximum Gasteiger partial charge on any atom is 0.248 e. The zero-order valence-electron chi connectivity index (χ0n) is 10.4. The van der Waals surface area contributed by atoms with Gasteiger partial charge in [-0.2, -0.15) is 0 Å². The van der Waals surface area contributed by atoms with Crippen molar-refractivity contribution in [1.29, 1.82) is 0 Å². The number of hydrogen-bond donors (Lipinski definition) is 1. The fourth-order valence-electron chi connectivity index (χ4n) is 1.98. The molecular weight excluding hydrogens is 248 g/mol. The third-order valence-corrected chi connectivity index (χ3v) is 2.94. The maximum atomic E-state index is 13.1. The summed E-state index contributed by atoms with van der Waals surface area (Å²) in [4.78, 5) is 11.0. The van der Waals surface area contributed by atoms with Crippen molar-refractivity contribution >= 4 is 5.91 Å². The molecule has 0 aliphatic heterocycles. The zero-order chi connectivity index (χ0) is 14.0. The molecule has 0 saturated carbocycles. The molecule has 19 heavy (non-hydrogen) atoms. The molecule has 0 saturated heterocycles. The van der Waals surface area contributed by atoms with Gasteiger partial charge < -0.3 is 5.73 Å². The predicted molar refractivity (Wildman–Crippen MR) is 68.9 cm³/mol. The Kier molecular flexibility index (Phi) is 3.60. The van der Waals surface area contributed by atoms with Crippen LogP contribution in [0.2, 0.25) is 0 Å². The molecule has 2 N–H and O–H groups in total. The minimum Gasteiger partial charge on any atom is -0.366 e. The van der Waals surface area contributed by atoms with Gasteiger partial charge in [0.05, 0.1) is 0 Å². The highest BCUT2D eigenvalue weighted by Crippen LogP contribution is 2.17. The van der Waals surface area contributed by atoms with Crippen molar-refractivity contribution in [3.8, 4) is 0 Å². The summed E-state index contributed by atoms with van der Waals surface area (Å²) in [5, 5.41) is 0. The summed E-state index contributed by atoms with van der Waals surface area (Å²) >= 11 is 0. The molecule has 0 fully saturated rings. The van der Waals surface area contributed by atoms with Gasteiger partial charge in [0.15, 0.2) is 0 Å². The highest BCUT2D eigenvalue weighted by molar-refractivity contribution is 5.93. The molecule has 0 radical (unpaired) electrons. The Morgan fingerprint density at radius 3 is 2.26 bits per heavy atom. The van der Waals surface area contributed by atoms with E-state index < -0.39 is 17.5 Å². The molecule has 2 nitrogen and oxygen atoms in total. The molecule has 0 heterocycles. The van der Waals surface area contributed by atoms with Crippen molar-refractivity contribution < 1.29 is 13.6 Å². The van der Waals surface area contributed by atoms with Crippen molar-refractivity contribution in [3.63, 3.8) is 0 Å². The quantitative estimate of drug-likeness (QED) is 0.906. The van der Waals surface area contributed by atoms with Gasteiger partial charge in [0.25, 0.3) is 0 Å². The first kappa shape index (κ1) is 13.2. The average molecular weight is 261 g/mol. The second-order valence-electron chi connectivity index (χ2n) is 4.46. The number of halogens is 2. The first-order valence-electron chi connectivity index (χ1n) is 5.80. The fraction of sp³-hybridized carbons (Fsp3) is 0.133. The summed E-state index contributed by atoms with van der Waals surface area (Å²) in [6, 6.07) is 8.47. The lowest BCUT2D eigenvalue weighted by atomic mass is 9.98. The second kappa shape index (κ2) is 5.18. The van der Waals surface area contributed by atoms with Gasteiger partial charge in [0, 0.05) is 11.6 Å². The number of primary amides is 1. The van der Waals surface area contributed by atoms with Crippen LogP contribution in [0.5, 0.6) is 0 Å². The molecule has 1 amide bonds. The Morgan fingerprint density at radius 2 is 1.74 bits per heavy atom. The number of hydrogen-bond acceptors (Lipinski definition) is 1. The molecule has 2 aromatic rings. The average Bonchev–Trinajstić information content (AvgIpc) is 2.30. The third kappa shape index (κ3) is 3.16. The van der Waals surface area contributed by atoms with Crippen LogP contribution in [0.1, 0.15) is 27.0 Å². The van der Waals surface area contributed by atoms with Crippen LogP contribution in [0.3, 0.4) is 0 Å². The molecule has 0 unspecified atom stereocenters. The van der Waals surface area contributed by atoms with Crippen LogP contribution in [-0.4, -0.2) is 5.91 Å². The van der Waals surface area contributed by atoms with E-state index >= 15 is 0 Å². The van der Waals surface area contributed by atoms with E-state index in [1.807, 2.05) is 6.92 Å². The summed E-state index contributed by atoms with van der Waals surface area (Å²) in [6.07, 6.45) is 0.402. The Hall–Kier alpha value is -2.23. The van der Waals surface area contributed by atoms with Crippen molar-refractivity contribution in [2.45, 2.75) is 13.3 Å². The Balaban J connectivity index is 2.30. The Morgan fingerprint density at radius 1 is 1.11 bits per heavy atom. The lowest BCUT2D eigenvalue weighted by Gasteiger charge is -2.08. The minimum atomic E-state index is -0.596. The van der Waals surface area contributed by atoms with E-state index in [1.54, 1.807) is 18.2 Å². The number of carbonyl (C=O) groups excluding carboxylic acids is 1. The predicted octanol–water partition coefficient (Wildman–Crippen LogP) is 2.96. The number of rotatable bonds is 3. The molecule has 0 aromatic heterocycles. The largest absolute Gasteiger partial charge is 0.366 e. The molecule has 2 rings (SSSR count). The van der Waals surface area contributed by atoms with E-state index in [2.05, 4.69) is 0 Å². The standard InChI is InChI=1S/C15H13F2NO/c1-9-4-12(15(18)19)3-2-11(9)5-10-6-13(16)8-14(17)7-10/h2-4,6-8H,5H2,1H3,(H2,18,19). The lowest BCUT2D eigenvalue weighted by Crippen LogP contribution is -2.11. The monoisotopic (exact) mass is 261 g/mol. The van der Waals surface area contributed by atoms with E-state index in [9.17, 15) is 13.6 Å². The molecular formula is C15H13F2NO. The first-order valence-corrected chi connectivity index (χ1v) is 5.80. The molecule has 0 bridgehead atoms. The van der Waals surface area contributed by atoms with Crippen LogP contribution in [-0.2, 0) is 6.42 Å². The topological polar surface area (TPSA) is 43.1 Å². The summed E-state index contributed by atoms with van der Waals surface area (Å²) < 4.78 is 26.2. The van der Waals surface area contributed by atoms with Gasteiger partial charge >= 0.3 is 0 Å². The molecule has 98 valence electrons. The van der Waals surface area contributed by atoms with Crippen molar-refractivity contribution in [1.82, 2.24) is 0 Å². The van der Waals surface area contributed by atoms with Crippen LogP contribution in [0.25, 0.3) is 0 Å². The van der Waals surface area contributed by atoms with Gasteiger partial charge in [-0.3, -0.25) is 4.79 Å². The van der Waals surface area contributed by atoms with Gasteiger partial charge in [-0.05, 0) is 54.3 Å². The van der Waals surface area contributed by atoms with E-state index in [0.717, 1.165) is 17.2 Å². The van der Waals surface area contributed by atoms with Crippen LogP contribution in [0.15, 0.2) is 36.4 Å². The summed E-state index contributed by atoms with van der Waals surface area (Å²) in [6.45, 7) is 1.83. The van der Waals surface area contributed by atoms with Gasteiger partial charge in [0.1, 0.15) is 11.6 Å². The zero-order valence-corrected chi connectivity index (χ0v) is 10.4. The van der Waals surface area contributed by atoms with Crippen LogP contribution >= 0.6 is 0 Å². The maximum absolute atomic E-state index is 13.1. The first-order chi connectivity index (χ1) is 8.95. The van der Waals surface area contributed by atoms with E-state index in [0.29, 0.717) is 17.5 Å². The number of aryl methyl sites for hydroxylation is 1. The van der Waals surface area contributed by atoms with Crippen LogP contribution < -0.4 is 5.73 Å². The van der Waals surface area contributed by atoms with Crippen LogP contribution in [0.4, 0.5) is 8.78 Å². The van der Waals surface area contributed by atoms with E-state index in [4.69, 9.17) is 5.73 Å². The number of amides is 1. The Bertz CT molecular complexity index is 618. The van der Waals surface area contributed by atoms with Crippen molar-refractivity contribution in [2.75, 3.05) is 0 Å². The smallest absolute Gasteiger partial charge is 0.248 e. The van der Waals surface area contributed by atoms with Gasteiger partial charge in [-0.1, -0.05) is 6.07 Å². The lowest BCUT2D eigenvalue weighted by molar-refractivity contribution is 0.1000. The van der Waals surface area contributed by atoms with Crippen molar-refractivity contribution in [3.05, 3.63) is 70.3 Å².